The molecular formula is C17H17ClN2O3S2. The minimum absolute atomic E-state index is 0.0478. The number of nitrogens with one attached hydrogen (secondary N) is 1. The quantitative estimate of drug-likeness (QED) is 0.701. The number of halogens is 1. The topological polar surface area (TPSA) is 68.2 Å². The normalized spacial score (nSPS) is 12.0. The Morgan fingerprint density at radius 1 is 1.20 bits per heavy atom. The van der Waals surface area contributed by atoms with Crippen LogP contribution < -0.4 is 9.60 Å². The van der Waals surface area contributed by atoms with Gasteiger partial charge in [-0.05, 0) is 49.7 Å². The summed E-state index contributed by atoms with van der Waals surface area (Å²) in [7, 11) is -3.58. The largest absolute Gasteiger partial charge is 0.308 e. The number of nitrogens with zero attached hydrogens (tertiary/aromatic N) is 1. The first-order valence-corrected chi connectivity index (χ1v) is 10.5. The van der Waals surface area contributed by atoms with E-state index >= 15 is 0 Å². The highest BCUT2D eigenvalue weighted by Gasteiger charge is 2.15. The zero-order valence-electron chi connectivity index (χ0n) is 13.7. The van der Waals surface area contributed by atoms with Crippen LogP contribution in [0, 0.1) is 0 Å². The first kappa shape index (κ1) is 18.0. The molecule has 0 aliphatic heterocycles. The van der Waals surface area contributed by atoms with Gasteiger partial charge in [0, 0.05) is 11.1 Å². The third-order valence-electron chi connectivity index (χ3n) is 3.65. The maximum absolute atomic E-state index is 12.4. The van der Waals surface area contributed by atoms with Crippen LogP contribution >= 0.6 is 22.9 Å². The van der Waals surface area contributed by atoms with Gasteiger partial charge in [-0.25, -0.2) is 8.42 Å². The molecule has 1 heterocycles. The summed E-state index contributed by atoms with van der Waals surface area (Å²) in [6.45, 7) is 3.88. The molecule has 1 N–H and O–H groups in total. The van der Waals surface area contributed by atoms with Crippen LogP contribution in [0.5, 0.6) is 0 Å². The summed E-state index contributed by atoms with van der Waals surface area (Å²) in [6.07, 6.45) is 0. The van der Waals surface area contributed by atoms with Gasteiger partial charge in [0.2, 0.25) is 10.0 Å². The minimum atomic E-state index is -3.58. The molecule has 0 bridgehead atoms. The number of fused-ring (bicyclic) bond motifs is 1. The van der Waals surface area contributed by atoms with E-state index in [1.54, 1.807) is 47.0 Å². The molecule has 0 fully saturated rings. The van der Waals surface area contributed by atoms with Gasteiger partial charge in [-0.1, -0.05) is 35.1 Å². The summed E-state index contributed by atoms with van der Waals surface area (Å²) in [6, 6.07) is 11.9. The molecule has 0 unspecified atom stereocenters. The minimum Gasteiger partial charge on any atom is -0.296 e. The van der Waals surface area contributed by atoms with Crippen LogP contribution in [0.25, 0.3) is 10.2 Å². The van der Waals surface area contributed by atoms with E-state index in [-0.39, 0.29) is 16.7 Å². The van der Waals surface area contributed by atoms with Crippen molar-refractivity contribution in [3.8, 4) is 0 Å². The fourth-order valence-corrected chi connectivity index (χ4v) is 5.09. The Balaban J connectivity index is 1.88. The number of anilines is 1. The van der Waals surface area contributed by atoms with Crippen molar-refractivity contribution in [2.24, 2.45) is 0 Å². The number of benzene rings is 2. The number of hydrogen-bond donors (Lipinski definition) is 1. The SMILES string of the molecule is CC(C)n1c(=O)sc2cc(NS(=O)(=O)Cc3cccc(Cl)c3)ccc21. The van der Waals surface area contributed by atoms with Crippen LogP contribution in [0.3, 0.4) is 0 Å². The predicted molar refractivity (Wildman–Crippen MR) is 104 cm³/mol. The average molecular weight is 397 g/mol. The van der Waals surface area contributed by atoms with Crippen molar-refractivity contribution in [1.82, 2.24) is 4.57 Å². The van der Waals surface area contributed by atoms with Crippen molar-refractivity contribution in [2.45, 2.75) is 25.6 Å². The summed E-state index contributed by atoms with van der Waals surface area (Å²) in [5.74, 6) is -0.172. The van der Waals surface area contributed by atoms with Gasteiger partial charge in [0.25, 0.3) is 0 Å². The van der Waals surface area contributed by atoms with Crippen molar-refractivity contribution in [2.75, 3.05) is 4.72 Å². The lowest BCUT2D eigenvalue weighted by Crippen LogP contribution is -2.15. The van der Waals surface area contributed by atoms with Crippen molar-refractivity contribution >= 4 is 48.9 Å². The molecule has 3 aromatic rings. The Kier molecular flexibility index (Phi) is 4.90. The van der Waals surface area contributed by atoms with Gasteiger partial charge in [0.1, 0.15) is 0 Å². The number of rotatable bonds is 5. The summed E-state index contributed by atoms with van der Waals surface area (Å²) in [5.41, 5.74) is 1.85. The molecule has 2 aromatic carbocycles. The summed E-state index contributed by atoms with van der Waals surface area (Å²) < 4.78 is 29.8. The van der Waals surface area contributed by atoms with E-state index in [9.17, 15) is 13.2 Å². The molecule has 0 radical (unpaired) electrons. The Morgan fingerprint density at radius 2 is 1.96 bits per heavy atom. The molecule has 0 atom stereocenters. The van der Waals surface area contributed by atoms with Crippen LogP contribution in [0.4, 0.5) is 5.69 Å². The molecule has 1 aromatic heterocycles. The van der Waals surface area contributed by atoms with Gasteiger partial charge in [-0.2, -0.15) is 0 Å². The van der Waals surface area contributed by atoms with E-state index in [0.717, 1.165) is 21.6 Å². The van der Waals surface area contributed by atoms with Gasteiger partial charge >= 0.3 is 4.87 Å². The third kappa shape index (κ3) is 4.05. The van der Waals surface area contributed by atoms with E-state index in [4.69, 9.17) is 11.6 Å². The number of thiazole rings is 1. The highest BCUT2D eigenvalue weighted by Crippen LogP contribution is 2.25. The number of aromatic nitrogens is 1. The highest BCUT2D eigenvalue weighted by molar-refractivity contribution is 7.91. The number of sulfonamides is 1. The second kappa shape index (κ2) is 6.82. The fourth-order valence-electron chi connectivity index (χ4n) is 2.65. The van der Waals surface area contributed by atoms with Crippen molar-refractivity contribution in [1.29, 1.82) is 0 Å². The van der Waals surface area contributed by atoms with Crippen LogP contribution in [0.1, 0.15) is 25.5 Å². The zero-order chi connectivity index (χ0) is 18.2. The van der Waals surface area contributed by atoms with Gasteiger partial charge in [-0.3, -0.25) is 14.1 Å². The summed E-state index contributed by atoms with van der Waals surface area (Å²) in [5, 5.41) is 0.494. The predicted octanol–water partition coefficient (Wildman–Crippen LogP) is 4.24. The molecule has 3 rings (SSSR count). The van der Waals surface area contributed by atoms with Crippen LogP contribution in [0.15, 0.2) is 47.3 Å². The molecule has 0 aliphatic carbocycles. The Bertz CT molecular complexity index is 1080. The van der Waals surface area contributed by atoms with E-state index < -0.39 is 10.0 Å². The van der Waals surface area contributed by atoms with Crippen LogP contribution in [-0.2, 0) is 15.8 Å². The first-order chi connectivity index (χ1) is 11.7. The van der Waals surface area contributed by atoms with E-state index in [1.165, 1.54) is 0 Å². The third-order valence-corrected chi connectivity index (χ3v) is 6.06. The zero-order valence-corrected chi connectivity index (χ0v) is 16.1. The highest BCUT2D eigenvalue weighted by atomic mass is 35.5. The fraction of sp³-hybridized carbons (Fsp3) is 0.235. The van der Waals surface area contributed by atoms with Crippen molar-refractivity contribution in [3.63, 3.8) is 0 Å². The number of hydrogen-bond acceptors (Lipinski definition) is 4. The Hall–Kier alpha value is -1.83. The van der Waals surface area contributed by atoms with Crippen molar-refractivity contribution in [3.05, 3.63) is 62.7 Å². The monoisotopic (exact) mass is 396 g/mol. The maximum atomic E-state index is 12.4. The van der Waals surface area contributed by atoms with Gasteiger partial charge in [-0.15, -0.1) is 0 Å². The molecule has 0 spiro atoms. The Morgan fingerprint density at radius 3 is 2.64 bits per heavy atom. The Labute approximate surface area is 154 Å². The molecule has 0 aliphatic rings. The van der Waals surface area contributed by atoms with E-state index in [1.807, 2.05) is 13.8 Å². The van der Waals surface area contributed by atoms with Gasteiger partial charge in [0.05, 0.1) is 21.7 Å². The summed E-state index contributed by atoms with van der Waals surface area (Å²) >= 11 is 7.00. The molecule has 132 valence electrons. The van der Waals surface area contributed by atoms with Crippen LogP contribution in [0.2, 0.25) is 5.02 Å². The molecule has 25 heavy (non-hydrogen) atoms. The van der Waals surface area contributed by atoms with E-state index in [0.29, 0.717) is 16.3 Å². The molecule has 5 nitrogen and oxygen atoms in total. The molecule has 0 amide bonds. The lowest BCUT2D eigenvalue weighted by Gasteiger charge is -2.10. The van der Waals surface area contributed by atoms with E-state index in [2.05, 4.69) is 4.72 Å². The average Bonchev–Trinajstić information content (AvgIpc) is 2.81. The second-order valence-electron chi connectivity index (χ2n) is 6.01. The smallest absolute Gasteiger partial charge is 0.296 e. The van der Waals surface area contributed by atoms with Crippen molar-refractivity contribution < 1.29 is 8.42 Å². The standard InChI is InChI=1S/C17H17ClN2O3S2/c1-11(2)20-15-7-6-14(9-16(15)24-17(20)21)19-25(22,23)10-12-4-3-5-13(18)8-12/h3-9,11,19H,10H2,1-2H3. The van der Waals surface area contributed by atoms with Crippen LogP contribution in [-0.4, -0.2) is 13.0 Å². The molecular weight excluding hydrogens is 380 g/mol. The maximum Gasteiger partial charge on any atom is 0.308 e. The molecule has 0 saturated carbocycles. The molecule has 8 heteroatoms. The van der Waals surface area contributed by atoms with Gasteiger partial charge < -0.3 is 0 Å². The molecule has 0 saturated heterocycles. The second-order valence-corrected chi connectivity index (χ2v) is 9.16. The lowest BCUT2D eigenvalue weighted by atomic mass is 10.2. The summed E-state index contributed by atoms with van der Waals surface area (Å²) in [4.78, 5) is 12.0. The first-order valence-electron chi connectivity index (χ1n) is 7.65. The van der Waals surface area contributed by atoms with Gasteiger partial charge in [0.15, 0.2) is 0 Å². The lowest BCUT2D eigenvalue weighted by molar-refractivity contribution is 0.600.